The van der Waals surface area contributed by atoms with Crippen LogP contribution in [0.1, 0.15) is 426 Å². The van der Waals surface area contributed by atoms with Crippen molar-refractivity contribution in [2.45, 2.75) is 444 Å². The van der Waals surface area contributed by atoms with Gasteiger partial charge >= 0.3 is 39.5 Å². The molecule has 0 aromatic carbocycles. The van der Waals surface area contributed by atoms with Gasteiger partial charge in [0.2, 0.25) is 0 Å². The predicted octanol–water partition coefficient (Wildman–Crippen LogP) is 24.3. The molecule has 0 aliphatic rings. The molecule has 0 aliphatic carbocycles. The first-order chi connectivity index (χ1) is 48.7. The van der Waals surface area contributed by atoms with Crippen LogP contribution in [-0.4, -0.2) is 96.7 Å². The van der Waals surface area contributed by atoms with Crippen LogP contribution in [0, 0.1) is 0 Å². The molecule has 0 aromatic rings. The smallest absolute Gasteiger partial charge is 0.462 e. The Hall–Kier alpha value is -2.20. The van der Waals surface area contributed by atoms with Gasteiger partial charge in [0, 0.05) is 25.7 Å². The number of carbonyl (C=O) groups is 4. The zero-order valence-electron chi connectivity index (χ0n) is 64.9. The summed E-state index contributed by atoms with van der Waals surface area (Å²) in [4.78, 5) is 73.1. The standard InChI is InChI=1S/C81H156O17P2/c1-5-9-13-17-21-25-29-33-36-37-40-44-48-52-56-60-64-68-81(86)98-76(71-91-78(83)65-61-57-53-49-45-41-32-28-24-20-16-12-8-4)73-95-99(87,88)93-69-75(82)70-94-100(89,90)96-74-77(97-80(85)67-63-59-55-51-47-43-39-35-31-27-23-19-15-11-7-3)72-92-79(84)66-62-58-54-50-46-42-38-34-30-26-22-18-14-10-6-2/h35,39,75-77,82H,5-34,36-38,40-74H2,1-4H3,(H,87,88)(H,89,90)/b39-35-/t75-,76-,77-/m1/s1. The van der Waals surface area contributed by atoms with E-state index >= 15 is 0 Å². The molecule has 2 unspecified atom stereocenters. The van der Waals surface area contributed by atoms with Gasteiger partial charge in [-0.25, -0.2) is 9.13 Å². The average Bonchev–Trinajstić information content (AvgIpc) is 0.947. The van der Waals surface area contributed by atoms with E-state index in [2.05, 4.69) is 39.8 Å². The van der Waals surface area contributed by atoms with Gasteiger partial charge in [0.1, 0.15) is 19.3 Å². The number of carbonyl (C=O) groups excluding carboxylic acids is 4. The largest absolute Gasteiger partial charge is 0.472 e. The van der Waals surface area contributed by atoms with Crippen LogP contribution in [0.4, 0.5) is 0 Å². The summed E-state index contributed by atoms with van der Waals surface area (Å²) in [6.45, 7) is 5.01. The minimum Gasteiger partial charge on any atom is -0.462 e. The van der Waals surface area contributed by atoms with Crippen LogP contribution >= 0.6 is 15.6 Å². The number of aliphatic hydroxyl groups is 1. The molecule has 3 N–H and O–H groups in total. The summed E-state index contributed by atoms with van der Waals surface area (Å²) in [5.41, 5.74) is 0. The third-order valence-electron chi connectivity index (χ3n) is 18.8. The Labute approximate surface area is 612 Å². The minimum atomic E-state index is -4.96. The summed E-state index contributed by atoms with van der Waals surface area (Å²) in [6, 6.07) is 0. The Balaban J connectivity index is 5.28. The maximum atomic E-state index is 13.1. The highest BCUT2D eigenvalue weighted by Crippen LogP contribution is 2.45. The zero-order valence-corrected chi connectivity index (χ0v) is 66.7. The molecule has 0 aliphatic heterocycles. The number of phosphoric acid groups is 2. The van der Waals surface area contributed by atoms with E-state index in [1.54, 1.807) is 0 Å². The van der Waals surface area contributed by atoms with E-state index in [1.807, 2.05) is 0 Å². The highest BCUT2D eigenvalue weighted by molar-refractivity contribution is 7.47. The molecule has 0 fully saturated rings. The molecule has 5 atom stereocenters. The third-order valence-corrected chi connectivity index (χ3v) is 20.7. The summed E-state index contributed by atoms with van der Waals surface area (Å²) in [7, 11) is -9.93. The Morgan fingerprint density at radius 3 is 0.690 bits per heavy atom. The second-order valence-corrected chi connectivity index (χ2v) is 31.7. The lowest BCUT2D eigenvalue weighted by Gasteiger charge is -2.21. The van der Waals surface area contributed by atoms with Crippen molar-refractivity contribution in [2.75, 3.05) is 39.6 Å². The van der Waals surface area contributed by atoms with Gasteiger partial charge < -0.3 is 33.8 Å². The minimum absolute atomic E-state index is 0.0953. The van der Waals surface area contributed by atoms with Crippen LogP contribution in [0.25, 0.3) is 0 Å². The molecule has 0 rings (SSSR count). The number of allylic oxidation sites excluding steroid dienone is 2. The van der Waals surface area contributed by atoms with Crippen molar-refractivity contribution in [1.29, 1.82) is 0 Å². The first-order valence-electron chi connectivity index (χ1n) is 41.9. The Morgan fingerprint density at radius 2 is 0.460 bits per heavy atom. The lowest BCUT2D eigenvalue weighted by molar-refractivity contribution is -0.161. The highest BCUT2D eigenvalue weighted by Gasteiger charge is 2.30. The number of phosphoric ester groups is 2. The molecule has 0 amide bonds. The van der Waals surface area contributed by atoms with Crippen molar-refractivity contribution in [3.8, 4) is 0 Å². The van der Waals surface area contributed by atoms with Crippen molar-refractivity contribution in [3.63, 3.8) is 0 Å². The summed E-state index contributed by atoms with van der Waals surface area (Å²) in [5, 5.41) is 10.6. The predicted molar refractivity (Wildman–Crippen MR) is 409 cm³/mol. The van der Waals surface area contributed by atoms with Gasteiger partial charge in [-0.1, -0.05) is 361 Å². The maximum Gasteiger partial charge on any atom is 0.472 e. The van der Waals surface area contributed by atoms with E-state index in [1.165, 1.54) is 244 Å². The van der Waals surface area contributed by atoms with E-state index < -0.39 is 97.5 Å². The first-order valence-corrected chi connectivity index (χ1v) is 44.9. The lowest BCUT2D eigenvalue weighted by atomic mass is 10.0. The quantitative estimate of drug-likeness (QED) is 0.0169. The molecule has 100 heavy (non-hydrogen) atoms. The summed E-state index contributed by atoms with van der Waals surface area (Å²) >= 11 is 0. The van der Waals surface area contributed by atoms with Crippen LogP contribution < -0.4 is 0 Å². The van der Waals surface area contributed by atoms with E-state index in [-0.39, 0.29) is 25.7 Å². The molecule has 0 saturated carbocycles. The van der Waals surface area contributed by atoms with Crippen molar-refractivity contribution < 1.29 is 80.2 Å². The fourth-order valence-electron chi connectivity index (χ4n) is 12.3. The van der Waals surface area contributed by atoms with Gasteiger partial charge in [0.15, 0.2) is 12.2 Å². The summed E-state index contributed by atoms with van der Waals surface area (Å²) in [5.74, 6) is -2.12. The van der Waals surface area contributed by atoms with Gasteiger partial charge in [-0.05, 0) is 51.4 Å². The van der Waals surface area contributed by atoms with Crippen molar-refractivity contribution in [2.24, 2.45) is 0 Å². The van der Waals surface area contributed by atoms with Gasteiger partial charge in [0.25, 0.3) is 0 Å². The van der Waals surface area contributed by atoms with E-state index in [9.17, 15) is 43.2 Å². The highest BCUT2D eigenvalue weighted by atomic mass is 31.2. The third kappa shape index (κ3) is 74.1. The second-order valence-electron chi connectivity index (χ2n) is 28.8. The fraction of sp³-hybridized carbons (Fsp3) is 0.926. The Bertz CT molecular complexity index is 1940. The zero-order chi connectivity index (χ0) is 73.2. The Kier molecular flexibility index (Phi) is 73.4. The average molecular weight is 1460 g/mol. The van der Waals surface area contributed by atoms with Crippen molar-refractivity contribution >= 4 is 39.5 Å². The first kappa shape index (κ1) is 97.8. The summed E-state index contributed by atoms with van der Waals surface area (Å²) < 4.78 is 68.7. The van der Waals surface area contributed by atoms with Crippen molar-refractivity contribution in [3.05, 3.63) is 12.2 Å². The number of esters is 4. The Morgan fingerprint density at radius 1 is 0.270 bits per heavy atom. The second kappa shape index (κ2) is 75.0. The van der Waals surface area contributed by atoms with Crippen LogP contribution in [-0.2, 0) is 65.4 Å². The molecule has 0 bridgehead atoms. The number of hydrogen-bond acceptors (Lipinski definition) is 15. The van der Waals surface area contributed by atoms with Crippen LogP contribution in [0.3, 0.4) is 0 Å². The number of aliphatic hydroxyl groups excluding tert-OH is 1. The molecule has 592 valence electrons. The van der Waals surface area contributed by atoms with E-state index in [4.69, 9.17) is 37.0 Å². The van der Waals surface area contributed by atoms with Gasteiger partial charge in [-0.2, -0.15) is 0 Å². The number of unbranched alkanes of at least 4 members (excludes halogenated alkanes) is 53. The van der Waals surface area contributed by atoms with E-state index in [0.29, 0.717) is 25.7 Å². The van der Waals surface area contributed by atoms with Crippen LogP contribution in [0.5, 0.6) is 0 Å². The van der Waals surface area contributed by atoms with Gasteiger partial charge in [-0.15, -0.1) is 0 Å². The summed E-state index contributed by atoms with van der Waals surface area (Å²) in [6.07, 6.45) is 68.9. The topological polar surface area (TPSA) is 237 Å². The molecular weight excluding hydrogens is 1310 g/mol. The van der Waals surface area contributed by atoms with Gasteiger partial charge in [0.05, 0.1) is 26.4 Å². The fourth-order valence-corrected chi connectivity index (χ4v) is 13.9. The number of ether oxygens (including phenoxy) is 4. The monoisotopic (exact) mass is 1460 g/mol. The molecule has 19 heteroatoms. The molecule has 0 spiro atoms. The van der Waals surface area contributed by atoms with Crippen molar-refractivity contribution in [1.82, 2.24) is 0 Å². The normalized spacial score (nSPS) is 13.9. The number of hydrogen-bond donors (Lipinski definition) is 3. The lowest BCUT2D eigenvalue weighted by Crippen LogP contribution is -2.30. The van der Waals surface area contributed by atoms with Crippen LogP contribution in [0.15, 0.2) is 12.2 Å². The SMILES string of the molecule is CCCCCCCC/C=C\CCCCCCCC(=O)O[C@H](COC(=O)CCCCCCCCCCCCCCCCC)COP(=O)(O)OC[C@H](O)COP(=O)(O)OC[C@@H](COC(=O)CCCCCCCCCCCCCCC)OC(=O)CCCCCCCCCCCCCCCCCCC. The molecule has 0 radical (unpaired) electrons. The maximum absolute atomic E-state index is 13.1. The van der Waals surface area contributed by atoms with E-state index in [0.717, 1.165) is 103 Å². The molecule has 17 nitrogen and oxygen atoms in total. The van der Waals surface area contributed by atoms with Crippen LogP contribution in [0.2, 0.25) is 0 Å². The molecule has 0 saturated heterocycles. The molecular formula is C81H156O17P2. The number of rotatable bonds is 81. The molecule has 0 aromatic heterocycles. The van der Waals surface area contributed by atoms with Gasteiger partial charge in [-0.3, -0.25) is 37.3 Å². The molecule has 0 heterocycles.